The average molecular weight is 577 g/mol. The van der Waals surface area contributed by atoms with E-state index in [0.29, 0.717) is 17.5 Å². The lowest BCUT2D eigenvalue weighted by Gasteiger charge is -2.12. The number of hydrogen-bond donors (Lipinski definition) is 0. The molecule has 0 amide bonds. The van der Waals surface area contributed by atoms with Crippen molar-refractivity contribution in [1.82, 2.24) is 19.9 Å². The summed E-state index contributed by atoms with van der Waals surface area (Å²) in [5.74, 6) is 1.82. The number of para-hydroxylation sites is 2. The Kier molecular flexibility index (Phi) is 5.74. The largest absolute Gasteiger partial charge is 0.456 e. The summed E-state index contributed by atoms with van der Waals surface area (Å²) in [6.45, 7) is 0. The SMILES string of the molecule is c1ccc(-c2nc(-c3ccc4c(c3)oc3ccccc34)nc(-c3cccc4ccc(-c5cnc6ccccc6c5)cc34)n2)cc1. The summed E-state index contributed by atoms with van der Waals surface area (Å²) in [6, 6.07) is 47.5. The van der Waals surface area contributed by atoms with Crippen molar-refractivity contribution in [3.05, 3.63) is 146 Å². The van der Waals surface area contributed by atoms with Gasteiger partial charge in [-0.25, -0.2) is 15.0 Å². The van der Waals surface area contributed by atoms with Crippen LogP contribution in [-0.4, -0.2) is 19.9 Å². The van der Waals surface area contributed by atoms with Gasteiger partial charge in [0, 0.05) is 44.6 Å². The molecule has 0 aliphatic heterocycles. The minimum Gasteiger partial charge on any atom is -0.456 e. The van der Waals surface area contributed by atoms with E-state index in [2.05, 4.69) is 66.7 Å². The maximum absolute atomic E-state index is 6.21. The molecule has 9 aromatic rings. The highest BCUT2D eigenvalue weighted by molar-refractivity contribution is 6.06. The third-order valence-electron chi connectivity index (χ3n) is 8.35. The second kappa shape index (κ2) is 10.2. The lowest BCUT2D eigenvalue weighted by atomic mass is 9.98. The number of hydrogen-bond acceptors (Lipinski definition) is 5. The van der Waals surface area contributed by atoms with E-state index >= 15 is 0 Å². The molecular formula is C40H24N4O. The van der Waals surface area contributed by atoms with Crippen LogP contribution in [-0.2, 0) is 0 Å². The van der Waals surface area contributed by atoms with E-state index in [-0.39, 0.29) is 0 Å². The lowest BCUT2D eigenvalue weighted by Crippen LogP contribution is -2.00. The first kappa shape index (κ1) is 25.3. The highest BCUT2D eigenvalue weighted by Crippen LogP contribution is 2.35. The summed E-state index contributed by atoms with van der Waals surface area (Å²) in [5, 5.41) is 5.44. The molecule has 210 valence electrons. The van der Waals surface area contributed by atoms with Gasteiger partial charge in [-0.2, -0.15) is 0 Å². The van der Waals surface area contributed by atoms with Gasteiger partial charge in [-0.1, -0.05) is 103 Å². The summed E-state index contributed by atoms with van der Waals surface area (Å²) in [6.07, 6.45) is 1.94. The number of aromatic nitrogens is 4. The Morgan fingerprint density at radius 3 is 2.07 bits per heavy atom. The molecule has 0 saturated carbocycles. The van der Waals surface area contributed by atoms with Crippen LogP contribution in [0.2, 0.25) is 0 Å². The van der Waals surface area contributed by atoms with E-state index in [4.69, 9.17) is 24.4 Å². The quantitative estimate of drug-likeness (QED) is 0.209. The monoisotopic (exact) mass is 576 g/mol. The van der Waals surface area contributed by atoms with Crippen LogP contribution in [0.15, 0.2) is 150 Å². The van der Waals surface area contributed by atoms with Crippen LogP contribution in [0.5, 0.6) is 0 Å². The van der Waals surface area contributed by atoms with Gasteiger partial charge in [0.2, 0.25) is 0 Å². The van der Waals surface area contributed by atoms with Crippen molar-refractivity contribution in [2.45, 2.75) is 0 Å². The predicted molar refractivity (Wildman–Crippen MR) is 182 cm³/mol. The van der Waals surface area contributed by atoms with Gasteiger partial charge in [0.05, 0.1) is 5.52 Å². The van der Waals surface area contributed by atoms with Crippen molar-refractivity contribution >= 4 is 43.6 Å². The van der Waals surface area contributed by atoms with Crippen LogP contribution >= 0.6 is 0 Å². The van der Waals surface area contributed by atoms with E-state index in [9.17, 15) is 0 Å². The molecule has 6 aromatic carbocycles. The lowest BCUT2D eigenvalue weighted by molar-refractivity contribution is 0.669. The Hall–Kier alpha value is -6.20. The highest BCUT2D eigenvalue weighted by Gasteiger charge is 2.16. The zero-order chi connectivity index (χ0) is 29.7. The predicted octanol–water partition coefficient (Wildman–Crippen LogP) is 10.1. The molecule has 5 nitrogen and oxygen atoms in total. The Morgan fingerprint density at radius 1 is 0.400 bits per heavy atom. The minimum absolute atomic E-state index is 0.591. The van der Waals surface area contributed by atoms with Crippen LogP contribution in [0.1, 0.15) is 0 Å². The average Bonchev–Trinajstić information content (AvgIpc) is 3.49. The van der Waals surface area contributed by atoms with Crippen LogP contribution < -0.4 is 0 Å². The van der Waals surface area contributed by atoms with Crippen molar-refractivity contribution in [3.63, 3.8) is 0 Å². The first-order valence-corrected chi connectivity index (χ1v) is 14.9. The van der Waals surface area contributed by atoms with Crippen molar-refractivity contribution in [2.75, 3.05) is 0 Å². The second-order valence-electron chi connectivity index (χ2n) is 11.1. The molecule has 0 spiro atoms. The molecule has 9 rings (SSSR count). The number of nitrogens with zero attached hydrogens (tertiary/aromatic N) is 4. The Labute approximate surface area is 258 Å². The smallest absolute Gasteiger partial charge is 0.164 e. The van der Waals surface area contributed by atoms with Crippen molar-refractivity contribution in [3.8, 4) is 45.3 Å². The molecule has 3 heterocycles. The summed E-state index contributed by atoms with van der Waals surface area (Å²) >= 11 is 0. The number of rotatable bonds is 4. The minimum atomic E-state index is 0.591. The van der Waals surface area contributed by atoms with Crippen LogP contribution in [0.3, 0.4) is 0 Å². The first-order chi connectivity index (χ1) is 22.3. The van der Waals surface area contributed by atoms with Gasteiger partial charge in [-0.3, -0.25) is 4.98 Å². The summed E-state index contributed by atoms with van der Waals surface area (Å²) in [4.78, 5) is 19.8. The fraction of sp³-hybridized carbons (Fsp3) is 0. The number of furan rings is 1. The third-order valence-corrected chi connectivity index (χ3v) is 8.35. The third kappa shape index (κ3) is 4.41. The molecule has 0 saturated heterocycles. The topological polar surface area (TPSA) is 64.7 Å². The van der Waals surface area contributed by atoms with Gasteiger partial charge in [-0.15, -0.1) is 0 Å². The van der Waals surface area contributed by atoms with Gasteiger partial charge in [0.25, 0.3) is 0 Å². The van der Waals surface area contributed by atoms with E-state index < -0.39 is 0 Å². The normalized spacial score (nSPS) is 11.6. The fourth-order valence-corrected chi connectivity index (χ4v) is 6.08. The molecule has 0 aliphatic rings. The molecule has 0 unspecified atom stereocenters. The standard InChI is InChI=1S/C40H24N4O/c1-2-9-26(10-3-1)38-42-39(29-19-20-32-31-13-5-7-16-36(31)45-37(32)23-29)44-40(43-38)33-14-8-12-25-17-18-27(22-34(25)33)30-21-28-11-4-6-15-35(28)41-24-30/h1-24H. The van der Waals surface area contributed by atoms with E-state index in [1.807, 2.05) is 79.0 Å². The summed E-state index contributed by atoms with van der Waals surface area (Å²) in [5.41, 5.74) is 7.52. The molecule has 0 bridgehead atoms. The van der Waals surface area contributed by atoms with Crippen molar-refractivity contribution < 1.29 is 4.42 Å². The molecule has 45 heavy (non-hydrogen) atoms. The molecule has 3 aromatic heterocycles. The Balaban J connectivity index is 1.23. The van der Waals surface area contributed by atoms with E-state index in [1.165, 1.54) is 0 Å². The number of benzene rings is 6. The zero-order valence-electron chi connectivity index (χ0n) is 24.1. The van der Waals surface area contributed by atoms with Crippen molar-refractivity contribution in [1.29, 1.82) is 0 Å². The van der Waals surface area contributed by atoms with Gasteiger partial charge in [0.15, 0.2) is 17.5 Å². The van der Waals surface area contributed by atoms with Crippen molar-refractivity contribution in [2.24, 2.45) is 0 Å². The first-order valence-electron chi connectivity index (χ1n) is 14.9. The van der Waals surface area contributed by atoms with Gasteiger partial charge in [-0.05, 0) is 52.7 Å². The summed E-state index contributed by atoms with van der Waals surface area (Å²) < 4.78 is 6.21. The molecular weight excluding hydrogens is 552 g/mol. The Morgan fingerprint density at radius 2 is 1.13 bits per heavy atom. The van der Waals surface area contributed by atoms with E-state index in [0.717, 1.165) is 71.4 Å². The summed E-state index contributed by atoms with van der Waals surface area (Å²) in [7, 11) is 0. The molecule has 0 fully saturated rings. The molecule has 5 heteroatoms. The van der Waals surface area contributed by atoms with Gasteiger partial charge < -0.3 is 4.42 Å². The molecule has 0 N–H and O–H groups in total. The van der Waals surface area contributed by atoms with Crippen LogP contribution in [0, 0.1) is 0 Å². The van der Waals surface area contributed by atoms with Gasteiger partial charge in [0.1, 0.15) is 11.2 Å². The maximum atomic E-state index is 6.21. The highest BCUT2D eigenvalue weighted by atomic mass is 16.3. The van der Waals surface area contributed by atoms with E-state index in [1.54, 1.807) is 0 Å². The fourth-order valence-electron chi connectivity index (χ4n) is 6.08. The maximum Gasteiger partial charge on any atom is 0.164 e. The number of fused-ring (bicyclic) bond motifs is 5. The molecule has 0 atom stereocenters. The Bertz CT molecular complexity index is 2550. The molecule has 0 radical (unpaired) electrons. The number of pyridine rings is 1. The zero-order valence-corrected chi connectivity index (χ0v) is 24.1. The van der Waals surface area contributed by atoms with Crippen LogP contribution in [0.25, 0.3) is 88.9 Å². The van der Waals surface area contributed by atoms with Crippen LogP contribution in [0.4, 0.5) is 0 Å². The second-order valence-corrected chi connectivity index (χ2v) is 11.1. The van der Waals surface area contributed by atoms with Gasteiger partial charge >= 0.3 is 0 Å². The molecule has 0 aliphatic carbocycles.